The second kappa shape index (κ2) is 11.7. The molecule has 2 aromatic rings. The maximum Gasteiger partial charge on any atom is 0.191 e. The van der Waals surface area contributed by atoms with Gasteiger partial charge < -0.3 is 20.6 Å². The number of guanidine groups is 1. The summed E-state index contributed by atoms with van der Waals surface area (Å²) < 4.78 is 0. The number of nitrogens with zero attached hydrogens (tertiary/aromatic N) is 2. The maximum absolute atomic E-state index is 10.3. The van der Waals surface area contributed by atoms with Gasteiger partial charge in [0.1, 0.15) is 0 Å². The lowest BCUT2D eigenvalue weighted by Gasteiger charge is -2.28. The van der Waals surface area contributed by atoms with Crippen LogP contribution in [0.1, 0.15) is 30.6 Å². The van der Waals surface area contributed by atoms with E-state index in [9.17, 15) is 5.11 Å². The van der Waals surface area contributed by atoms with Crippen molar-refractivity contribution in [2.24, 2.45) is 4.99 Å². The third kappa shape index (κ3) is 6.98. The summed E-state index contributed by atoms with van der Waals surface area (Å²) in [4.78, 5) is 7.14. The van der Waals surface area contributed by atoms with Crippen LogP contribution in [0.25, 0.3) is 0 Å². The molecule has 0 aromatic heterocycles. The highest BCUT2D eigenvalue weighted by Crippen LogP contribution is 2.20. The Morgan fingerprint density at radius 2 is 1.79 bits per heavy atom. The fourth-order valence-electron chi connectivity index (χ4n) is 3.31. The Labute approximate surface area is 178 Å². The first-order chi connectivity index (χ1) is 14.3. The van der Waals surface area contributed by atoms with Gasteiger partial charge in [0.05, 0.1) is 12.6 Å². The third-order valence-corrected chi connectivity index (χ3v) is 5.91. The average Bonchev–Trinajstić information content (AvgIpc) is 2.79. The van der Waals surface area contributed by atoms with E-state index >= 15 is 0 Å². The highest BCUT2D eigenvalue weighted by Gasteiger charge is 2.11. The standard InChI is InChI=1S/C23H32N4OS/c1-2-24-23(25-13-12-22(28)20-6-4-3-5-7-20)26-18-19-8-10-21(11-9-19)27-14-16-29-17-15-27/h3-11,22,28H,2,12-18H2,1H3,(H2,24,25,26). The molecule has 1 atom stereocenters. The minimum Gasteiger partial charge on any atom is -0.388 e. The number of anilines is 1. The molecule has 5 nitrogen and oxygen atoms in total. The van der Waals surface area contributed by atoms with Crippen molar-refractivity contribution < 1.29 is 5.11 Å². The average molecular weight is 413 g/mol. The van der Waals surface area contributed by atoms with Crippen molar-refractivity contribution in [2.75, 3.05) is 42.6 Å². The smallest absolute Gasteiger partial charge is 0.191 e. The summed E-state index contributed by atoms with van der Waals surface area (Å²) >= 11 is 2.03. The van der Waals surface area contributed by atoms with Gasteiger partial charge in [-0.05, 0) is 36.6 Å². The van der Waals surface area contributed by atoms with E-state index < -0.39 is 6.10 Å². The summed E-state index contributed by atoms with van der Waals surface area (Å²) in [7, 11) is 0. The third-order valence-electron chi connectivity index (χ3n) is 4.97. The van der Waals surface area contributed by atoms with Crippen LogP contribution in [0.5, 0.6) is 0 Å². The molecule has 0 aliphatic carbocycles. The Bertz CT molecular complexity index is 745. The summed E-state index contributed by atoms with van der Waals surface area (Å²) in [5.74, 6) is 3.20. The van der Waals surface area contributed by atoms with Gasteiger partial charge in [-0.1, -0.05) is 42.5 Å². The summed E-state index contributed by atoms with van der Waals surface area (Å²) in [5.41, 5.74) is 3.45. The molecule has 2 aromatic carbocycles. The zero-order valence-corrected chi connectivity index (χ0v) is 18.0. The van der Waals surface area contributed by atoms with Gasteiger partial charge >= 0.3 is 0 Å². The zero-order chi connectivity index (χ0) is 20.3. The molecule has 1 aliphatic rings. The molecule has 3 rings (SSSR count). The van der Waals surface area contributed by atoms with E-state index in [-0.39, 0.29) is 0 Å². The van der Waals surface area contributed by atoms with E-state index in [1.165, 1.54) is 22.8 Å². The maximum atomic E-state index is 10.3. The van der Waals surface area contributed by atoms with Crippen molar-refractivity contribution in [2.45, 2.75) is 26.0 Å². The first kappa shape index (κ1) is 21.5. The molecule has 29 heavy (non-hydrogen) atoms. The topological polar surface area (TPSA) is 59.9 Å². The lowest BCUT2D eigenvalue weighted by atomic mass is 10.1. The predicted octanol–water partition coefficient (Wildman–Crippen LogP) is 3.42. The van der Waals surface area contributed by atoms with Gasteiger partial charge in [0.25, 0.3) is 0 Å². The predicted molar refractivity (Wildman–Crippen MR) is 125 cm³/mol. The molecule has 0 radical (unpaired) electrons. The molecule has 6 heteroatoms. The highest BCUT2D eigenvalue weighted by atomic mass is 32.2. The van der Waals surface area contributed by atoms with Crippen LogP contribution in [0.4, 0.5) is 5.69 Å². The lowest BCUT2D eigenvalue weighted by molar-refractivity contribution is 0.168. The van der Waals surface area contributed by atoms with Gasteiger partial charge in [0.2, 0.25) is 0 Å². The van der Waals surface area contributed by atoms with Crippen LogP contribution < -0.4 is 15.5 Å². The number of aliphatic hydroxyl groups excluding tert-OH is 1. The first-order valence-electron chi connectivity index (χ1n) is 10.4. The van der Waals surface area contributed by atoms with Crippen molar-refractivity contribution >= 4 is 23.4 Å². The Morgan fingerprint density at radius 3 is 2.48 bits per heavy atom. The van der Waals surface area contributed by atoms with Gasteiger partial charge in [0.15, 0.2) is 5.96 Å². The Kier molecular flexibility index (Phi) is 8.71. The number of thioether (sulfide) groups is 1. The monoisotopic (exact) mass is 412 g/mol. The molecular weight excluding hydrogens is 380 g/mol. The van der Waals surface area contributed by atoms with Gasteiger partial charge in [-0.3, -0.25) is 0 Å². The van der Waals surface area contributed by atoms with E-state index in [1.807, 2.05) is 42.1 Å². The Hall–Kier alpha value is -2.18. The minimum absolute atomic E-state index is 0.465. The Balaban J connectivity index is 1.49. The summed E-state index contributed by atoms with van der Waals surface area (Å²) in [6, 6.07) is 18.5. The van der Waals surface area contributed by atoms with Crippen LogP contribution in [0, 0.1) is 0 Å². The normalized spacial score (nSPS) is 15.8. The summed E-state index contributed by atoms with van der Waals surface area (Å²) in [6.07, 6.45) is 0.171. The highest BCUT2D eigenvalue weighted by molar-refractivity contribution is 7.99. The largest absolute Gasteiger partial charge is 0.388 e. The van der Waals surface area contributed by atoms with Crippen LogP contribution in [0.2, 0.25) is 0 Å². The number of aliphatic imine (C=N–C) groups is 1. The number of aliphatic hydroxyl groups is 1. The molecule has 1 fully saturated rings. The van der Waals surface area contributed by atoms with E-state index in [4.69, 9.17) is 4.99 Å². The van der Waals surface area contributed by atoms with Crippen molar-refractivity contribution in [1.82, 2.24) is 10.6 Å². The van der Waals surface area contributed by atoms with Crippen molar-refractivity contribution in [3.8, 4) is 0 Å². The number of hydrogen-bond donors (Lipinski definition) is 3. The molecule has 3 N–H and O–H groups in total. The molecule has 1 aliphatic heterocycles. The van der Waals surface area contributed by atoms with Crippen LogP contribution in [0.15, 0.2) is 59.6 Å². The van der Waals surface area contributed by atoms with E-state index in [2.05, 4.69) is 46.7 Å². The lowest BCUT2D eigenvalue weighted by Crippen LogP contribution is -2.38. The molecule has 1 heterocycles. The fraction of sp³-hybridized carbons (Fsp3) is 0.435. The Morgan fingerprint density at radius 1 is 1.07 bits per heavy atom. The molecule has 1 saturated heterocycles. The van der Waals surface area contributed by atoms with Crippen molar-refractivity contribution in [3.05, 3.63) is 65.7 Å². The summed E-state index contributed by atoms with van der Waals surface area (Å²) in [6.45, 7) is 6.41. The quantitative estimate of drug-likeness (QED) is 0.458. The van der Waals surface area contributed by atoms with Crippen LogP contribution in [0.3, 0.4) is 0 Å². The van der Waals surface area contributed by atoms with Gasteiger partial charge in [-0.25, -0.2) is 4.99 Å². The van der Waals surface area contributed by atoms with Gasteiger partial charge in [-0.15, -0.1) is 0 Å². The summed E-state index contributed by atoms with van der Waals surface area (Å²) in [5, 5.41) is 16.9. The van der Waals surface area contributed by atoms with E-state index in [0.29, 0.717) is 19.5 Å². The molecule has 1 unspecified atom stereocenters. The molecule has 0 saturated carbocycles. The second-order valence-corrected chi connectivity index (χ2v) is 8.33. The molecule has 0 bridgehead atoms. The number of rotatable bonds is 8. The molecule has 156 valence electrons. The van der Waals surface area contributed by atoms with E-state index in [0.717, 1.165) is 31.2 Å². The molecule has 0 amide bonds. The SMILES string of the molecule is CCNC(=NCc1ccc(N2CCSCC2)cc1)NCCC(O)c1ccccc1. The van der Waals surface area contributed by atoms with Crippen molar-refractivity contribution in [1.29, 1.82) is 0 Å². The minimum atomic E-state index is -0.465. The van der Waals surface area contributed by atoms with E-state index in [1.54, 1.807) is 0 Å². The fourth-order valence-corrected chi connectivity index (χ4v) is 4.22. The van der Waals surface area contributed by atoms with Crippen molar-refractivity contribution in [3.63, 3.8) is 0 Å². The molecular formula is C23H32N4OS. The second-order valence-electron chi connectivity index (χ2n) is 7.10. The van der Waals surface area contributed by atoms with Gasteiger partial charge in [0, 0.05) is 43.4 Å². The van der Waals surface area contributed by atoms with Crippen LogP contribution in [-0.2, 0) is 6.54 Å². The van der Waals surface area contributed by atoms with Crippen LogP contribution in [-0.4, -0.2) is 48.8 Å². The number of hydrogen-bond acceptors (Lipinski definition) is 4. The number of benzene rings is 2. The molecule has 0 spiro atoms. The number of nitrogens with one attached hydrogen (secondary N) is 2. The van der Waals surface area contributed by atoms with Gasteiger partial charge in [-0.2, -0.15) is 11.8 Å². The first-order valence-corrected chi connectivity index (χ1v) is 11.6. The zero-order valence-electron chi connectivity index (χ0n) is 17.2. The van der Waals surface area contributed by atoms with Crippen LogP contribution >= 0.6 is 11.8 Å².